The smallest absolute Gasteiger partial charge is 0.224 e. The molecule has 1 aliphatic rings. The van der Waals surface area contributed by atoms with Crippen molar-refractivity contribution in [1.29, 1.82) is 0 Å². The molecule has 0 heterocycles. The van der Waals surface area contributed by atoms with Gasteiger partial charge in [0.1, 0.15) is 0 Å². The van der Waals surface area contributed by atoms with Crippen molar-refractivity contribution in [3.05, 3.63) is 11.6 Å². The number of hydrogen-bond acceptors (Lipinski definition) is 2. The summed E-state index contributed by atoms with van der Waals surface area (Å²) < 4.78 is 0. The van der Waals surface area contributed by atoms with Crippen molar-refractivity contribution in [1.82, 2.24) is 5.32 Å². The quantitative estimate of drug-likeness (QED) is 0.679. The first-order valence-corrected chi connectivity index (χ1v) is 5.88. The lowest BCUT2D eigenvalue weighted by atomic mass is 9.97. The monoisotopic (exact) mass is 210 g/mol. The lowest BCUT2D eigenvalue weighted by Gasteiger charge is -2.12. The summed E-state index contributed by atoms with van der Waals surface area (Å²) in [6.07, 6.45) is 8.40. The molecule has 1 aliphatic carbocycles. The van der Waals surface area contributed by atoms with Crippen LogP contribution in [-0.2, 0) is 4.79 Å². The third-order valence-corrected chi connectivity index (χ3v) is 2.69. The molecule has 1 rings (SSSR count). The largest absolute Gasteiger partial charge is 0.356 e. The fourth-order valence-electron chi connectivity index (χ4n) is 1.77. The van der Waals surface area contributed by atoms with Gasteiger partial charge in [-0.2, -0.15) is 0 Å². The molecule has 0 aromatic rings. The Morgan fingerprint density at radius 3 is 3.00 bits per heavy atom. The minimum Gasteiger partial charge on any atom is -0.356 e. The molecule has 15 heavy (non-hydrogen) atoms. The number of nitrogens with one attached hydrogen (secondary N) is 1. The van der Waals surface area contributed by atoms with Gasteiger partial charge >= 0.3 is 0 Å². The highest BCUT2D eigenvalue weighted by Gasteiger charge is 2.08. The van der Waals surface area contributed by atoms with Gasteiger partial charge < -0.3 is 11.1 Å². The van der Waals surface area contributed by atoms with E-state index in [1.165, 1.54) is 18.4 Å². The molecule has 0 radical (unpaired) electrons. The summed E-state index contributed by atoms with van der Waals surface area (Å²) in [5.74, 6) is 0.142. The highest BCUT2D eigenvalue weighted by molar-refractivity contribution is 5.78. The van der Waals surface area contributed by atoms with Gasteiger partial charge in [-0.15, -0.1) is 0 Å². The first-order valence-electron chi connectivity index (χ1n) is 5.88. The van der Waals surface area contributed by atoms with Gasteiger partial charge in [-0.3, -0.25) is 4.79 Å². The van der Waals surface area contributed by atoms with Gasteiger partial charge in [-0.25, -0.2) is 0 Å². The van der Waals surface area contributed by atoms with Crippen LogP contribution in [0, 0.1) is 0 Å². The van der Waals surface area contributed by atoms with Gasteiger partial charge in [0.05, 0.1) is 0 Å². The minimum atomic E-state index is 0.142. The summed E-state index contributed by atoms with van der Waals surface area (Å²) in [5, 5.41) is 2.90. The highest BCUT2D eigenvalue weighted by atomic mass is 16.1. The Labute approximate surface area is 92.1 Å². The summed E-state index contributed by atoms with van der Waals surface area (Å²) in [5.41, 5.74) is 6.91. The van der Waals surface area contributed by atoms with Gasteiger partial charge in [-0.1, -0.05) is 11.6 Å². The molecule has 0 bridgehead atoms. The van der Waals surface area contributed by atoms with Crippen LogP contribution in [0.3, 0.4) is 0 Å². The van der Waals surface area contributed by atoms with E-state index < -0.39 is 0 Å². The molecule has 0 saturated carbocycles. The van der Waals surface area contributed by atoms with Crippen molar-refractivity contribution in [2.24, 2.45) is 5.73 Å². The fourth-order valence-corrected chi connectivity index (χ4v) is 1.77. The Bertz CT molecular complexity index is 234. The second-order valence-corrected chi connectivity index (χ2v) is 4.40. The van der Waals surface area contributed by atoms with Crippen LogP contribution in [0.25, 0.3) is 0 Å². The molecule has 86 valence electrons. The maximum atomic E-state index is 11.5. The summed E-state index contributed by atoms with van der Waals surface area (Å²) in [6.45, 7) is 2.65. The summed E-state index contributed by atoms with van der Waals surface area (Å²) in [7, 11) is 0. The zero-order chi connectivity index (χ0) is 11.1. The Morgan fingerprint density at radius 2 is 2.40 bits per heavy atom. The predicted octanol–water partition coefficient (Wildman–Crippen LogP) is 1.73. The van der Waals surface area contributed by atoms with Crippen molar-refractivity contribution in [3.63, 3.8) is 0 Å². The molecular formula is C12H22N2O. The molecule has 0 saturated heterocycles. The molecule has 1 unspecified atom stereocenters. The Kier molecular flexibility index (Phi) is 5.40. The standard InChI is InChI=1S/C12H22N2O/c1-10(13)7-8-14-12(15)9-11-5-3-2-4-6-11/h5,10H,2-4,6-9,13H2,1H3,(H,14,15). The minimum absolute atomic E-state index is 0.142. The van der Waals surface area contributed by atoms with E-state index in [0.717, 1.165) is 19.3 Å². The number of nitrogens with two attached hydrogens (primary N) is 1. The first-order chi connectivity index (χ1) is 7.18. The van der Waals surface area contributed by atoms with E-state index in [4.69, 9.17) is 5.73 Å². The van der Waals surface area contributed by atoms with Crippen molar-refractivity contribution in [3.8, 4) is 0 Å². The third kappa shape index (κ3) is 5.57. The third-order valence-electron chi connectivity index (χ3n) is 2.69. The average Bonchev–Trinajstić information content (AvgIpc) is 2.18. The van der Waals surface area contributed by atoms with Crippen LogP contribution in [0.15, 0.2) is 11.6 Å². The van der Waals surface area contributed by atoms with Gasteiger partial charge in [-0.05, 0) is 39.0 Å². The van der Waals surface area contributed by atoms with E-state index in [9.17, 15) is 4.79 Å². The van der Waals surface area contributed by atoms with Crippen LogP contribution < -0.4 is 11.1 Å². The number of hydrogen-bond donors (Lipinski definition) is 2. The predicted molar refractivity (Wildman–Crippen MR) is 62.4 cm³/mol. The summed E-state index contributed by atoms with van der Waals surface area (Å²) in [4.78, 5) is 11.5. The van der Waals surface area contributed by atoms with Crippen LogP contribution >= 0.6 is 0 Å². The first kappa shape index (κ1) is 12.2. The second kappa shape index (κ2) is 6.62. The SMILES string of the molecule is CC(N)CCNC(=O)CC1=CCCCC1. The number of amides is 1. The molecular weight excluding hydrogens is 188 g/mol. The van der Waals surface area contributed by atoms with Crippen molar-refractivity contribution >= 4 is 5.91 Å². The van der Waals surface area contributed by atoms with E-state index in [1.807, 2.05) is 6.92 Å². The normalized spacial score (nSPS) is 18.1. The van der Waals surface area contributed by atoms with Gasteiger partial charge in [0.2, 0.25) is 5.91 Å². The van der Waals surface area contributed by atoms with E-state index in [1.54, 1.807) is 0 Å². The average molecular weight is 210 g/mol. The van der Waals surface area contributed by atoms with Gasteiger partial charge in [0.15, 0.2) is 0 Å². The molecule has 0 aromatic carbocycles. The molecule has 3 nitrogen and oxygen atoms in total. The fraction of sp³-hybridized carbons (Fsp3) is 0.750. The zero-order valence-corrected chi connectivity index (χ0v) is 9.59. The second-order valence-electron chi connectivity index (χ2n) is 4.40. The molecule has 3 heteroatoms. The lowest BCUT2D eigenvalue weighted by Crippen LogP contribution is -2.29. The molecule has 0 aliphatic heterocycles. The molecule has 0 spiro atoms. The number of carbonyl (C=O) groups is 1. The topological polar surface area (TPSA) is 55.1 Å². The lowest BCUT2D eigenvalue weighted by molar-refractivity contribution is -0.120. The summed E-state index contributed by atoms with van der Waals surface area (Å²) >= 11 is 0. The van der Waals surface area contributed by atoms with E-state index >= 15 is 0 Å². The molecule has 1 atom stereocenters. The molecule has 3 N–H and O–H groups in total. The Balaban J connectivity index is 2.15. The van der Waals surface area contributed by atoms with E-state index in [2.05, 4.69) is 11.4 Å². The maximum absolute atomic E-state index is 11.5. The highest BCUT2D eigenvalue weighted by Crippen LogP contribution is 2.19. The molecule has 0 aromatic heterocycles. The summed E-state index contributed by atoms with van der Waals surface area (Å²) in [6, 6.07) is 0.166. The molecule has 0 fully saturated rings. The van der Waals surface area contributed by atoms with Crippen LogP contribution in [0.4, 0.5) is 0 Å². The van der Waals surface area contributed by atoms with Crippen LogP contribution in [0.1, 0.15) is 45.4 Å². The maximum Gasteiger partial charge on any atom is 0.224 e. The van der Waals surface area contributed by atoms with Crippen LogP contribution in [0.2, 0.25) is 0 Å². The van der Waals surface area contributed by atoms with E-state index in [0.29, 0.717) is 13.0 Å². The van der Waals surface area contributed by atoms with Crippen LogP contribution in [-0.4, -0.2) is 18.5 Å². The van der Waals surface area contributed by atoms with Gasteiger partial charge in [0, 0.05) is 19.0 Å². The number of rotatable bonds is 5. The number of allylic oxidation sites excluding steroid dienone is 1. The molecule has 1 amide bonds. The Morgan fingerprint density at radius 1 is 1.60 bits per heavy atom. The number of carbonyl (C=O) groups excluding carboxylic acids is 1. The van der Waals surface area contributed by atoms with Crippen molar-refractivity contribution < 1.29 is 4.79 Å². The Hall–Kier alpha value is -0.830. The van der Waals surface area contributed by atoms with Crippen molar-refractivity contribution in [2.45, 2.75) is 51.5 Å². The van der Waals surface area contributed by atoms with E-state index in [-0.39, 0.29) is 11.9 Å². The van der Waals surface area contributed by atoms with Crippen molar-refractivity contribution in [2.75, 3.05) is 6.54 Å². The van der Waals surface area contributed by atoms with Gasteiger partial charge in [0.25, 0.3) is 0 Å². The van der Waals surface area contributed by atoms with Crippen LogP contribution in [0.5, 0.6) is 0 Å². The zero-order valence-electron chi connectivity index (χ0n) is 9.59.